The molecule has 0 aliphatic carbocycles. The van der Waals surface area contributed by atoms with Gasteiger partial charge >= 0.3 is 8.56 Å². The maximum absolute atomic E-state index is 5.99. The second-order valence-corrected chi connectivity index (χ2v) is 22.2. The summed E-state index contributed by atoms with van der Waals surface area (Å²) in [5.41, 5.74) is 0. The summed E-state index contributed by atoms with van der Waals surface area (Å²) in [6.07, 6.45) is 1.12. The van der Waals surface area contributed by atoms with Crippen molar-refractivity contribution in [3.63, 3.8) is 0 Å². The Morgan fingerprint density at radius 2 is 1.25 bits per heavy atom. The molecule has 0 fully saturated rings. The third kappa shape index (κ3) is 9.26. The first-order chi connectivity index (χ1) is 11.0. The minimum atomic E-state index is -2.03. The van der Waals surface area contributed by atoms with Crippen molar-refractivity contribution >= 4 is 25.0 Å². The van der Waals surface area contributed by atoms with Crippen LogP contribution in [0.4, 0.5) is 0 Å². The van der Waals surface area contributed by atoms with Crippen LogP contribution in [0.5, 0.6) is 0 Å². The van der Waals surface area contributed by atoms with E-state index in [9.17, 15) is 0 Å². The van der Waals surface area contributed by atoms with Crippen LogP contribution in [0.1, 0.15) is 27.2 Å². The number of nitrogens with zero attached hydrogens (tertiary/aromatic N) is 1. The topological polar surface area (TPSA) is 30.9 Å². The van der Waals surface area contributed by atoms with Gasteiger partial charge in [-0.1, -0.05) is 46.2 Å². The third-order valence-corrected chi connectivity index (χ3v) is 15.7. The second-order valence-electron chi connectivity index (χ2n) is 8.34. The van der Waals surface area contributed by atoms with E-state index in [-0.39, 0.29) is 0 Å². The van der Waals surface area contributed by atoms with Gasteiger partial charge in [0.05, 0.1) is 0 Å². The van der Waals surface area contributed by atoms with Gasteiger partial charge in [-0.2, -0.15) is 0 Å². The van der Waals surface area contributed by atoms with Crippen molar-refractivity contribution in [1.82, 2.24) is 4.23 Å². The van der Waals surface area contributed by atoms with Crippen LogP contribution < -0.4 is 0 Å². The first kappa shape index (κ1) is 24.5. The molecule has 24 heavy (non-hydrogen) atoms. The van der Waals surface area contributed by atoms with Crippen LogP contribution in [0.2, 0.25) is 51.4 Å². The van der Waals surface area contributed by atoms with Crippen molar-refractivity contribution in [1.29, 1.82) is 0 Å². The lowest BCUT2D eigenvalue weighted by Crippen LogP contribution is -2.59. The molecule has 0 atom stereocenters. The number of hydrogen-bond donors (Lipinski definition) is 0. The van der Waals surface area contributed by atoms with Crippen molar-refractivity contribution in [3.8, 4) is 0 Å². The Bertz CT molecular complexity index is 310. The monoisotopic (exact) mass is 393 g/mol. The molecule has 0 aliphatic rings. The Balaban J connectivity index is 4.24. The van der Waals surface area contributed by atoms with Crippen molar-refractivity contribution in [2.24, 2.45) is 0 Å². The van der Waals surface area contributed by atoms with Gasteiger partial charge in [0, 0.05) is 32.5 Å². The van der Waals surface area contributed by atoms with E-state index in [1.165, 1.54) is 6.54 Å². The molecule has 0 saturated carbocycles. The van der Waals surface area contributed by atoms with E-state index in [0.29, 0.717) is 0 Å². The number of rotatable bonds is 14. The summed E-state index contributed by atoms with van der Waals surface area (Å²) in [5, 5.41) is 0. The van der Waals surface area contributed by atoms with Crippen molar-refractivity contribution < 1.29 is 13.6 Å². The summed E-state index contributed by atoms with van der Waals surface area (Å²) in [7, 11) is -4.52. The van der Waals surface area contributed by atoms with Crippen LogP contribution in [-0.2, 0) is 13.6 Å². The Morgan fingerprint density at radius 3 is 1.62 bits per heavy atom. The summed E-state index contributed by atoms with van der Waals surface area (Å²) in [6.45, 7) is 25.3. The van der Waals surface area contributed by atoms with Gasteiger partial charge in [-0.25, -0.2) is 0 Å². The molecule has 0 aromatic rings. The average molecular weight is 394 g/mol. The van der Waals surface area contributed by atoms with E-state index in [1.54, 1.807) is 0 Å². The number of ether oxygens (including phenoxy) is 1. The van der Waals surface area contributed by atoms with Gasteiger partial charge in [0.1, 0.15) is 16.5 Å². The van der Waals surface area contributed by atoms with Crippen LogP contribution in [0.25, 0.3) is 0 Å². The molecule has 0 aromatic heterocycles. The van der Waals surface area contributed by atoms with Crippen LogP contribution in [0.15, 0.2) is 0 Å². The van der Waals surface area contributed by atoms with Gasteiger partial charge in [-0.3, -0.25) is 0 Å². The molecule has 0 radical (unpaired) electrons. The van der Waals surface area contributed by atoms with E-state index in [0.717, 1.165) is 44.9 Å². The van der Waals surface area contributed by atoms with Crippen molar-refractivity contribution in [2.45, 2.75) is 78.6 Å². The summed E-state index contributed by atoms with van der Waals surface area (Å²) < 4.78 is 20.8. The fraction of sp³-hybridized carbons (Fsp3) is 1.00. The minimum absolute atomic E-state index is 0.738. The zero-order valence-electron chi connectivity index (χ0n) is 17.8. The summed E-state index contributed by atoms with van der Waals surface area (Å²) in [4.78, 5) is 0. The van der Waals surface area contributed by atoms with E-state index < -0.39 is 25.0 Å². The van der Waals surface area contributed by atoms with Gasteiger partial charge in [0.25, 0.3) is 0 Å². The summed E-state index contributed by atoms with van der Waals surface area (Å²) >= 11 is 0. The highest BCUT2D eigenvalue weighted by Gasteiger charge is 2.35. The molecule has 0 spiro atoms. The van der Waals surface area contributed by atoms with Crippen LogP contribution in [0.3, 0.4) is 0 Å². The highest BCUT2D eigenvalue weighted by molar-refractivity contribution is 6.89. The predicted octanol–water partition coefficient (Wildman–Crippen LogP) is 4.90. The molecule has 0 rings (SSSR count). The SMILES string of the molecule is CCO[Si](CC)(CCOCCCN([Si](C)(C)C)[Si](C)(C)C)OCC. The molecule has 7 heteroatoms. The van der Waals surface area contributed by atoms with Crippen LogP contribution in [0, 0.1) is 0 Å². The van der Waals surface area contributed by atoms with Gasteiger partial charge < -0.3 is 17.8 Å². The smallest absolute Gasteiger partial charge is 0.340 e. The fourth-order valence-corrected chi connectivity index (χ4v) is 15.8. The molecule has 4 nitrogen and oxygen atoms in total. The second kappa shape index (κ2) is 11.3. The predicted molar refractivity (Wildman–Crippen MR) is 113 cm³/mol. The zero-order chi connectivity index (χ0) is 18.9. The lowest BCUT2D eigenvalue weighted by Gasteiger charge is -2.43. The summed E-state index contributed by atoms with van der Waals surface area (Å²) in [6, 6.07) is 1.94. The molecule has 0 unspecified atom stereocenters. The van der Waals surface area contributed by atoms with E-state index >= 15 is 0 Å². The summed E-state index contributed by atoms with van der Waals surface area (Å²) in [5.74, 6) is 0. The molecule has 0 aromatic carbocycles. The molecule has 146 valence electrons. The first-order valence-electron chi connectivity index (χ1n) is 9.65. The minimum Gasteiger partial charge on any atom is -0.394 e. The van der Waals surface area contributed by atoms with Gasteiger partial charge in [0.2, 0.25) is 0 Å². The Kier molecular flexibility index (Phi) is 11.5. The molecule has 0 aliphatic heterocycles. The zero-order valence-corrected chi connectivity index (χ0v) is 20.8. The molecule has 0 N–H and O–H groups in total. The molecule has 0 saturated heterocycles. The maximum atomic E-state index is 5.99. The van der Waals surface area contributed by atoms with E-state index in [1.807, 2.05) is 0 Å². The largest absolute Gasteiger partial charge is 0.394 e. The van der Waals surface area contributed by atoms with E-state index in [4.69, 9.17) is 13.6 Å². The standard InChI is InChI=1S/C17H43NO3Si3/c1-10-20-24(12-3,21-11-2)17-16-19-15-13-14-18(22(4,5)6)23(7,8)9/h10-17H2,1-9H3. The third-order valence-electron chi connectivity index (χ3n) is 4.27. The van der Waals surface area contributed by atoms with Crippen molar-refractivity contribution in [2.75, 3.05) is 33.0 Å². The molecule has 0 amide bonds. The van der Waals surface area contributed by atoms with Gasteiger partial charge in [-0.05, 0) is 32.9 Å². The first-order valence-corrected chi connectivity index (χ1v) is 18.8. The average Bonchev–Trinajstić information content (AvgIpc) is 2.43. The molecular formula is C17H43NO3Si3. The van der Waals surface area contributed by atoms with E-state index in [2.05, 4.69) is 64.3 Å². The number of hydrogen-bond acceptors (Lipinski definition) is 4. The molecule has 0 heterocycles. The van der Waals surface area contributed by atoms with Crippen molar-refractivity contribution in [3.05, 3.63) is 0 Å². The maximum Gasteiger partial charge on any atom is 0.340 e. The fourth-order valence-electron chi connectivity index (χ4n) is 3.42. The van der Waals surface area contributed by atoms with Gasteiger partial charge in [-0.15, -0.1) is 0 Å². The normalized spacial score (nSPS) is 13.8. The molecular weight excluding hydrogens is 350 g/mol. The Labute approximate surface area is 154 Å². The quantitative estimate of drug-likeness (QED) is 0.310. The Hall–Kier alpha value is 0.491. The van der Waals surface area contributed by atoms with Crippen LogP contribution in [-0.4, -0.2) is 62.2 Å². The highest BCUT2D eigenvalue weighted by Crippen LogP contribution is 2.21. The Morgan fingerprint density at radius 1 is 0.750 bits per heavy atom. The van der Waals surface area contributed by atoms with Gasteiger partial charge in [0.15, 0.2) is 0 Å². The lowest BCUT2D eigenvalue weighted by molar-refractivity contribution is 0.123. The lowest BCUT2D eigenvalue weighted by atomic mass is 10.5. The molecule has 0 bridgehead atoms. The highest BCUT2D eigenvalue weighted by atomic mass is 28.4. The van der Waals surface area contributed by atoms with Crippen LogP contribution >= 0.6 is 0 Å².